The van der Waals surface area contributed by atoms with Gasteiger partial charge >= 0.3 is 0 Å². The van der Waals surface area contributed by atoms with E-state index in [0.29, 0.717) is 5.25 Å². The average molecular weight is 237 g/mol. The molecule has 0 bridgehead atoms. The highest BCUT2D eigenvalue weighted by Gasteiger charge is 2.13. The maximum atomic E-state index is 5.71. The van der Waals surface area contributed by atoms with Gasteiger partial charge in [-0.25, -0.2) is 0 Å². The maximum absolute atomic E-state index is 5.71. The van der Waals surface area contributed by atoms with Crippen LogP contribution in [0.2, 0.25) is 0 Å². The molecule has 0 aliphatic rings. The molecule has 16 heavy (non-hydrogen) atoms. The lowest BCUT2D eigenvalue weighted by Gasteiger charge is -2.19. The molecule has 1 aromatic rings. The van der Waals surface area contributed by atoms with Crippen molar-refractivity contribution < 1.29 is 0 Å². The fourth-order valence-corrected chi connectivity index (χ4v) is 2.47. The number of hydrogen-bond acceptors (Lipinski definition) is 2. The minimum absolute atomic E-state index is 0.237. The molecule has 0 amide bonds. The number of benzene rings is 1. The van der Waals surface area contributed by atoms with Crippen molar-refractivity contribution in [1.82, 2.24) is 0 Å². The number of hydrogen-bond donors (Lipinski definition) is 1. The fraction of sp³-hybridized carbons (Fsp3) is 0.571. The zero-order valence-electron chi connectivity index (χ0n) is 10.8. The van der Waals surface area contributed by atoms with Crippen LogP contribution in [-0.4, -0.2) is 11.8 Å². The first-order valence-electron chi connectivity index (χ1n) is 5.94. The van der Waals surface area contributed by atoms with Gasteiger partial charge in [0.1, 0.15) is 0 Å². The first kappa shape index (κ1) is 13.6. The van der Waals surface area contributed by atoms with Gasteiger partial charge in [-0.1, -0.05) is 39.8 Å². The molecule has 1 nitrogen and oxygen atoms in total. The monoisotopic (exact) mass is 237 g/mol. The predicted molar refractivity (Wildman–Crippen MR) is 74.1 cm³/mol. The normalized spacial score (nSPS) is 13.8. The lowest BCUT2D eigenvalue weighted by Crippen LogP contribution is -2.15. The molecule has 2 N–H and O–H groups in total. The van der Waals surface area contributed by atoms with Crippen LogP contribution in [0.5, 0.6) is 0 Å². The van der Waals surface area contributed by atoms with E-state index in [1.807, 2.05) is 11.8 Å². The Morgan fingerprint density at radius 2 is 1.75 bits per heavy atom. The molecule has 0 heterocycles. The van der Waals surface area contributed by atoms with E-state index in [-0.39, 0.29) is 5.41 Å². The molecule has 1 aromatic carbocycles. The third-order valence-electron chi connectivity index (χ3n) is 2.74. The van der Waals surface area contributed by atoms with Crippen molar-refractivity contribution in [3.05, 3.63) is 29.8 Å². The molecular weight excluding hydrogens is 214 g/mol. The molecule has 0 aliphatic carbocycles. The van der Waals surface area contributed by atoms with Crippen LogP contribution >= 0.6 is 11.8 Å². The fourth-order valence-electron chi connectivity index (χ4n) is 1.52. The van der Waals surface area contributed by atoms with Gasteiger partial charge < -0.3 is 5.73 Å². The average Bonchev–Trinajstić information content (AvgIpc) is 2.25. The number of thioether (sulfide) groups is 1. The predicted octanol–water partition coefficient (Wildman–Crippen LogP) is 3.81. The minimum atomic E-state index is 0.237. The van der Waals surface area contributed by atoms with E-state index in [0.717, 1.165) is 13.0 Å². The van der Waals surface area contributed by atoms with Gasteiger partial charge in [0.05, 0.1) is 0 Å². The van der Waals surface area contributed by atoms with Crippen LogP contribution in [0.25, 0.3) is 0 Å². The van der Waals surface area contributed by atoms with E-state index < -0.39 is 0 Å². The Morgan fingerprint density at radius 3 is 2.12 bits per heavy atom. The van der Waals surface area contributed by atoms with Gasteiger partial charge in [0.25, 0.3) is 0 Å². The molecule has 1 rings (SSSR count). The summed E-state index contributed by atoms with van der Waals surface area (Å²) in [6, 6.07) is 8.88. The third kappa shape index (κ3) is 3.84. The second kappa shape index (κ2) is 5.74. The van der Waals surface area contributed by atoms with E-state index in [2.05, 4.69) is 52.0 Å². The molecule has 0 saturated carbocycles. The quantitative estimate of drug-likeness (QED) is 0.806. The summed E-state index contributed by atoms with van der Waals surface area (Å²) in [5.41, 5.74) is 7.33. The SMILES string of the molecule is CCC(CN)Sc1ccc(C(C)(C)C)cc1. The van der Waals surface area contributed by atoms with Gasteiger partial charge in [-0.3, -0.25) is 0 Å². The summed E-state index contributed by atoms with van der Waals surface area (Å²) in [5, 5.41) is 0.542. The van der Waals surface area contributed by atoms with Crippen molar-refractivity contribution in [3.63, 3.8) is 0 Å². The van der Waals surface area contributed by atoms with Crippen molar-refractivity contribution in [3.8, 4) is 0 Å². The highest BCUT2D eigenvalue weighted by Crippen LogP contribution is 2.28. The van der Waals surface area contributed by atoms with Crippen LogP contribution in [0.1, 0.15) is 39.7 Å². The summed E-state index contributed by atoms with van der Waals surface area (Å²) in [6.07, 6.45) is 1.13. The summed E-state index contributed by atoms with van der Waals surface area (Å²) >= 11 is 1.88. The molecule has 2 heteroatoms. The molecule has 0 fully saturated rings. The van der Waals surface area contributed by atoms with E-state index >= 15 is 0 Å². The summed E-state index contributed by atoms with van der Waals surface area (Å²) in [4.78, 5) is 1.32. The van der Waals surface area contributed by atoms with Crippen molar-refractivity contribution in [2.45, 2.75) is 49.7 Å². The van der Waals surface area contributed by atoms with Crippen LogP contribution in [0.4, 0.5) is 0 Å². The van der Waals surface area contributed by atoms with Crippen molar-refractivity contribution in [2.24, 2.45) is 5.73 Å². The van der Waals surface area contributed by atoms with Gasteiger partial charge in [0.2, 0.25) is 0 Å². The third-order valence-corrected chi connectivity index (χ3v) is 4.14. The largest absolute Gasteiger partial charge is 0.329 e. The molecule has 1 unspecified atom stereocenters. The summed E-state index contributed by atoms with van der Waals surface area (Å²) < 4.78 is 0. The Labute approximate surface area is 104 Å². The van der Waals surface area contributed by atoms with E-state index in [9.17, 15) is 0 Å². The Kier molecular flexibility index (Phi) is 4.88. The van der Waals surface area contributed by atoms with Crippen molar-refractivity contribution in [2.75, 3.05) is 6.54 Å². The van der Waals surface area contributed by atoms with Crippen LogP contribution in [-0.2, 0) is 5.41 Å². The van der Waals surface area contributed by atoms with Crippen molar-refractivity contribution >= 4 is 11.8 Å². The summed E-state index contributed by atoms with van der Waals surface area (Å²) in [5.74, 6) is 0. The first-order chi connectivity index (χ1) is 7.47. The molecule has 0 radical (unpaired) electrons. The summed E-state index contributed by atoms with van der Waals surface area (Å²) in [6.45, 7) is 9.66. The van der Waals surface area contributed by atoms with Gasteiger partial charge in [-0.2, -0.15) is 0 Å². The Balaban J connectivity index is 2.72. The maximum Gasteiger partial charge on any atom is 0.0214 e. The first-order valence-corrected chi connectivity index (χ1v) is 6.82. The number of nitrogens with two attached hydrogens (primary N) is 1. The lowest BCUT2D eigenvalue weighted by molar-refractivity contribution is 0.589. The lowest BCUT2D eigenvalue weighted by atomic mass is 9.87. The molecule has 0 saturated heterocycles. The Morgan fingerprint density at radius 1 is 1.19 bits per heavy atom. The molecule has 0 aliphatic heterocycles. The molecule has 0 spiro atoms. The zero-order valence-corrected chi connectivity index (χ0v) is 11.6. The highest BCUT2D eigenvalue weighted by molar-refractivity contribution is 8.00. The molecule has 1 atom stereocenters. The molecular formula is C14H23NS. The van der Waals surface area contributed by atoms with Crippen LogP contribution in [0.15, 0.2) is 29.2 Å². The minimum Gasteiger partial charge on any atom is -0.329 e. The Bertz CT molecular complexity index is 307. The Hall–Kier alpha value is -0.470. The van der Waals surface area contributed by atoms with Crippen LogP contribution < -0.4 is 5.73 Å². The second-order valence-electron chi connectivity index (χ2n) is 5.16. The zero-order chi connectivity index (χ0) is 12.2. The van der Waals surface area contributed by atoms with E-state index in [4.69, 9.17) is 5.73 Å². The highest BCUT2D eigenvalue weighted by atomic mass is 32.2. The summed E-state index contributed by atoms with van der Waals surface area (Å²) in [7, 11) is 0. The smallest absolute Gasteiger partial charge is 0.0214 e. The van der Waals surface area contributed by atoms with Gasteiger partial charge in [0.15, 0.2) is 0 Å². The second-order valence-corrected chi connectivity index (χ2v) is 6.53. The van der Waals surface area contributed by atoms with Crippen LogP contribution in [0.3, 0.4) is 0 Å². The van der Waals surface area contributed by atoms with E-state index in [1.54, 1.807) is 0 Å². The van der Waals surface area contributed by atoms with Gasteiger partial charge in [0, 0.05) is 16.7 Å². The topological polar surface area (TPSA) is 26.0 Å². The van der Waals surface area contributed by atoms with Gasteiger partial charge in [-0.05, 0) is 29.5 Å². The van der Waals surface area contributed by atoms with Gasteiger partial charge in [-0.15, -0.1) is 11.8 Å². The molecule has 90 valence electrons. The molecule has 0 aromatic heterocycles. The van der Waals surface area contributed by atoms with E-state index in [1.165, 1.54) is 10.5 Å². The van der Waals surface area contributed by atoms with Crippen molar-refractivity contribution in [1.29, 1.82) is 0 Å². The standard InChI is InChI=1S/C14H23NS/c1-5-12(10-15)16-13-8-6-11(7-9-13)14(2,3)4/h6-9,12H,5,10,15H2,1-4H3. The number of rotatable bonds is 4. The van der Waals surface area contributed by atoms with Crippen LogP contribution in [0, 0.1) is 0 Å².